The highest BCUT2D eigenvalue weighted by Gasteiger charge is 2.44. The van der Waals surface area contributed by atoms with E-state index in [4.69, 9.17) is 24.4 Å². The molecule has 0 saturated heterocycles. The fourth-order valence-electron chi connectivity index (χ4n) is 1.74. The zero-order chi connectivity index (χ0) is 18.7. The Labute approximate surface area is 133 Å². The lowest BCUT2D eigenvalue weighted by Crippen LogP contribution is -2.21. The van der Waals surface area contributed by atoms with Crippen LogP contribution in [-0.2, 0) is 10.1 Å². The van der Waals surface area contributed by atoms with Gasteiger partial charge >= 0.3 is 15.6 Å². The number of hydrogen-bond donors (Lipinski definition) is 3. The van der Waals surface area contributed by atoms with Crippen LogP contribution in [0.5, 0.6) is 0 Å². The van der Waals surface area contributed by atoms with Crippen molar-refractivity contribution < 1.29 is 35.7 Å². The van der Waals surface area contributed by atoms with Gasteiger partial charge in [-0.3, -0.25) is 14.1 Å². The summed E-state index contributed by atoms with van der Waals surface area (Å²) in [6.07, 6.45) is 0. The van der Waals surface area contributed by atoms with Crippen LogP contribution in [0.25, 0.3) is 10.8 Å². The number of amides is 2. The van der Waals surface area contributed by atoms with Crippen LogP contribution < -0.4 is 11.5 Å². The summed E-state index contributed by atoms with van der Waals surface area (Å²) in [7, 11) is -5.84. The van der Waals surface area contributed by atoms with Crippen molar-refractivity contribution in [1.29, 1.82) is 0 Å². The maximum atomic E-state index is 11.4. The van der Waals surface area contributed by atoms with Crippen LogP contribution in [0, 0.1) is 0 Å². The van der Waals surface area contributed by atoms with E-state index in [1.165, 1.54) is 6.07 Å². The molecule has 0 atom stereocenters. The Morgan fingerprint density at radius 2 is 1.46 bits per heavy atom. The Balaban J connectivity index is 0.000000307. The highest BCUT2D eigenvalue weighted by molar-refractivity contribution is 7.86. The SMILES string of the molecule is NC(=O)c1ccc2ccccc2c1C(N)=O.O=S(=O)(O)C(F)(F)F. The second-order valence-corrected chi connectivity index (χ2v) is 5.77. The first kappa shape index (κ1) is 19.4. The lowest BCUT2D eigenvalue weighted by atomic mass is 9.98. The second-order valence-electron chi connectivity index (χ2n) is 4.36. The monoisotopic (exact) mass is 364 g/mol. The molecular formula is C13H11F3N2O5S. The van der Waals surface area contributed by atoms with Crippen LogP contribution in [0.15, 0.2) is 36.4 Å². The molecule has 2 rings (SSSR count). The highest BCUT2D eigenvalue weighted by Crippen LogP contribution is 2.22. The predicted molar refractivity (Wildman–Crippen MR) is 78.6 cm³/mol. The van der Waals surface area contributed by atoms with E-state index in [0.717, 1.165) is 5.39 Å². The number of rotatable bonds is 2. The minimum absolute atomic E-state index is 0.159. The number of nitrogens with two attached hydrogens (primary N) is 2. The molecule has 0 saturated carbocycles. The van der Waals surface area contributed by atoms with Crippen molar-refractivity contribution >= 4 is 32.7 Å². The Morgan fingerprint density at radius 3 is 1.88 bits per heavy atom. The van der Waals surface area contributed by atoms with Gasteiger partial charge in [-0.05, 0) is 16.8 Å². The average molecular weight is 364 g/mol. The summed E-state index contributed by atoms with van der Waals surface area (Å²) in [6, 6.07) is 10.5. The summed E-state index contributed by atoms with van der Waals surface area (Å²) in [5.41, 5.74) is 5.28. The Morgan fingerprint density at radius 1 is 0.958 bits per heavy atom. The molecule has 5 N–H and O–H groups in total. The smallest absolute Gasteiger partial charge is 0.366 e. The molecule has 2 aromatic rings. The van der Waals surface area contributed by atoms with Crippen molar-refractivity contribution in [3.05, 3.63) is 47.5 Å². The molecule has 130 valence electrons. The fraction of sp³-hybridized carbons (Fsp3) is 0.0769. The van der Waals surface area contributed by atoms with Gasteiger partial charge in [-0.1, -0.05) is 30.3 Å². The second kappa shape index (κ2) is 6.84. The molecule has 0 aromatic heterocycles. The maximum absolute atomic E-state index is 11.4. The molecule has 0 unspecified atom stereocenters. The van der Waals surface area contributed by atoms with Gasteiger partial charge in [0.15, 0.2) is 0 Å². The van der Waals surface area contributed by atoms with Crippen LogP contribution in [0.1, 0.15) is 20.7 Å². The summed E-state index contributed by atoms with van der Waals surface area (Å²) < 4.78 is 57.5. The molecule has 0 heterocycles. The lowest BCUT2D eigenvalue weighted by Gasteiger charge is -2.07. The van der Waals surface area contributed by atoms with Crippen LogP contribution >= 0.6 is 0 Å². The number of benzene rings is 2. The van der Waals surface area contributed by atoms with E-state index in [-0.39, 0.29) is 11.1 Å². The molecule has 24 heavy (non-hydrogen) atoms. The zero-order valence-electron chi connectivity index (χ0n) is 11.7. The summed E-state index contributed by atoms with van der Waals surface area (Å²) in [6.45, 7) is 0. The van der Waals surface area contributed by atoms with Gasteiger partial charge in [-0.2, -0.15) is 21.6 Å². The van der Waals surface area contributed by atoms with E-state index in [1.54, 1.807) is 18.2 Å². The molecule has 0 radical (unpaired) electrons. The minimum atomic E-state index is -5.84. The Hall–Kier alpha value is -2.66. The number of hydrogen-bond acceptors (Lipinski definition) is 4. The van der Waals surface area contributed by atoms with Crippen molar-refractivity contribution in [2.24, 2.45) is 11.5 Å². The van der Waals surface area contributed by atoms with Gasteiger partial charge in [0, 0.05) is 0 Å². The van der Waals surface area contributed by atoms with E-state index in [0.29, 0.717) is 5.39 Å². The number of alkyl halides is 3. The summed E-state index contributed by atoms with van der Waals surface area (Å²) in [5, 5.41) is 1.49. The van der Waals surface area contributed by atoms with Gasteiger partial charge in [0.2, 0.25) is 11.8 Å². The molecule has 11 heteroatoms. The van der Waals surface area contributed by atoms with Crippen LogP contribution in [0.4, 0.5) is 13.2 Å². The lowest BCUT2D eigenvalue weighted by molar-refractivity contribution is -0.0510. The Bertz CT molecular complexity index is 894. The first-order valence-corrected chi connectivity index (χ1v) is 7.45. The van der Waals surface area contributed by atoms with Gasteiger partial charge in [0.05, 0.1) is 11.1 Å². The van der Waals surface area contributed by atoms with Crippen molar-refractivity contribution in [2.75, 3.05) is 0 Å². The van der Waals surface area contributed by atoms with Gasteiger partial charge in [-0.15, -0.1) is 0 Å². The van der Waals surface area contributed by atoms with Crippen molar-refractivity contribution in [1.82, 2.24) is 0 Å². The van der Waals surface area contributed by atoms with Crippen molar-refractivity contribution in [2.45, 2.75) is 5.51 Å². The number of fused-ring (bicyclic) bond motifs is 1. The van der Waals surface area contributed by atoms with Crippen molar-refractivity contribution in [3.8, 4) is 0 Å². The van der Waals surface area contributed by atoms with E-state index in [9.17, 15) is 22.8 Å². The largest absolute Gasteiger partial charge is 0.522 e. The molecule has 0 fully saturated rings. The number of halogens is 3. The zero-order valence-corrected chi connectivity index (χ0v) is 12.6. The third-order valence-electron chi connectivity index (χ3n) is 2.73. The maximum Gasteiger partial charge on any atom is 0.522 e. The third kappa shape index (κ3) is 4.43. The molecule has 0 aliphatic carbocycles. The Kier molecular flexibility index (Phi) is 5.53. The third-order valence-corrected chi connectivity index (χ3v) is 3.32. The molecule has 2 amide bonds. The van der Waals surface area contributed by atoms with Crippen molar-refractivity contribution in [3.63, 3.8) is 0 Å². The van der Waals surface area contributed by atoms with Gasteiger partial charge < -0.3 is 11.5 Å². The molecule has 0 aliphatic heterocycles. The van der Waals surface area contributed by atoms with Gasteiger partial charge in [0.25, 0.3) is 0 Å². The topological polar surface area (TPSA) is 141 Å². The highest BCUT2D eigenvalue weighted by atomic mass is 32.2. The fourth-order valence-corrected chi connectivity index (χ4v) is 1.74. The number of carbonyl (C=O) groups excluding carboxylic acids is 2. The van der Waals surface area contributed by atoms with E-state index < -0.39 is 27.4 Å². The molecule has 0 aliphatic rings. The number of carbonyl (C=O) groups is 2. The molecule has 0 spiro atoms. The van der Waals surface area contributed by atoms with Crippen LogP contribution in [0.3, 0.4) is 0 Å². The minimum Gasteiger partial charge on any atom is -0.366 e. The van der Waals surface area contributed by atoms with Gasteiger partial charge in [-0.25, -0.2) is 0 Å². The van der Waals surface area contributed by atoms with E-state index >= 15 is 0 Å². The van der Waals surface area contributed by atoms with Crippen LogP contribution in [-0.4, -0.2) is 30.3 Å². The normalized spacial score (nSPS) is 11.5. The van der Waals surface area contributed by atoms with E-state index in [2.05, 4.69) is 0 Å². The molecule has 7 nitrogen and oxygen atoms in total. The average Bonchev–Trinajstić information content (AvgIpc) is 2.44. The molecular weight excluding hydrogens is 353 g/mol. The standard InChI is InChI=1S/C12H10N2O2.CHF3O3S/c13-11(15)9-6-5-7-3-1-2-4-8(7)10(9)12(14)16;2-1(3,4)8(5,6)7/h1-6H,(H2,13,15)(H2,14,16);(H,5,6,7). The van der Waals surface area contributed by atoms with Crippen LogP contribution in [0.2, 0.25) is 0 Å². The molecule has 2 aromatic carbocycles. The summed E-state index contributed by atoms with van der Waals surface area (Å²) in [4.78, 5) is 22.5. The summed E-state index contributed by atoms with van der Waals surface area (Å²) >= 11 is 0. The van der Waals surface area contributed by atoms with Gasteiger partial charge in [0.1, 0.15) is 0 Å². The van der Waals surface area contributed by atoms with E-state index in [1.807, 2.05) is 12.1 Å². The predicted octanol–water partition coefficient (Wildman–Crippen LogP) is 1.43. The first-order valence-electron chi connectivity index (χ1n) is 6.01. The quantitative estimate of drug-likeness (QED) is 0.546. The first-order chi connectivity index (χ1) is 10.9. The molecule has 0 bridgehead atoms. The summed E-state index contributed by atoms with van der Waals surface area (Å²) in [5.74, 6) is -1.30. The number of primary amides is 2.